The molecule has 1 saturated heterocycles. The van der Waals surface area contributed by atoms with E-state index in [1.807, 2.05) is 66.7 Å². The van der Waals surface area contributed by atoms with E-state index in [-0.39, 0.29) is 30.5 Å². The number of fused-ring (bicyclic) bond motifs is 3. The molecule has 1 unspecified atom stereocenters. The molecule has 1 aliphatic heterocycles. The number of benzene rings is 3. The topological polar surface area (TPSA) is 126 Å². The third-order valence-corrected chi connectivity index (χ3v) is 8.12. The maximum atomic E-state index is 13.8. The fourth-order valence-corrected chi connectivity index (χ4v) is 6.01. The SMILES string of the molecule is Cn1ncc(C(=O)O)c1NC(=O)C1(NC(=O)OCC2c3ccccc3-c3ccccc32)CCN(Cc2ccccc2)C1. The number of hydrogen-bond donors (Lipinski definition) is 3. The zero-order chi connectivity index (χ0) is 29.3. The van der Waals surface area contributed by atoms with Crippen molar-refractivity contribution >= 4 is 23.8 Å². The summed E-state index contributed by atoms with van der Waals surface area (Å²) >= 11 is 0. The van der Waals surface area contributed by atoms with Gasteiger partial charge in [0.25, 0.3) is 5.91 Å². The standard InChI is InChI=1S/C32H31N5O5/c1-36-28(26(17-33-36)29(38)39)34-30(40)32(15-16-37(20-32)18-21-9-3-2-4-10-21)35-31(41)42-19-27-24-13-7-5-11-22(24)23-12-6-8-14-25(23)27/h2-14,17,27H,15-16,18-20H2,1H3,(H,34,40)(H,35,41)(H,38,39). The number of carboxylic acids is 1. The van der Waals surface area contributed by atoms with E-state index < -0.39 is 23.5 Å². The molecule has 0 spiro atoms. The molecule has 42 heavy (non-hydrogen) atoms. The van der Waals surface area contributed by atoms with Crippen LogP contribution in [-0.2, 0) is 23.1 Å². The maximum Gasteiger partial charge on any atom is 0.408 e. The van der Waals surface area contributed by atoms with Gasteiger partial charge >= 0.3 is 12.1 Å². The number of likely N-dealkylation sites (tertiary alicyclic amines) is 1. The van der Waals surface area contributed by atoms with Gasteiger partial charge in [0.1, 0.15) is 23.5 Å². The zero-order valence-electron chi connectivity index (χ0n) is 23.1. The Balaban J connectivity index is 1.21. The molecule has 2 aliphatic rings. The predicted octanol–water partition coefficient (Wildman–Crippen LogP) is 4.24. The van der Waals surface area contributed by atoms with Crippen molar-refractivity contribution in [2.24, 2.45) is 7.05 Å². The third kappa shape index (κ3) is 5.12. The van der Waals surface area contributed by atoms with Crippen molar-refractivity contribution in [3.05, 3.63) is 107 Å². The van der Waals surface area contributed by atoms with Crippen LogP contribution in [0, 0.1) is 0 Å². The lowest BCUT2D eigenvalue weighted by Gasteiger charge is -2.29. The van der Waals surface area contributed by atoms with Crippen LogP contribution >= 0.6 is 0 Å². The molecule has 1 atom stereocenters. The van der Waals surface area contributed by atoms with Gasteiger partial charge in [-0.1, -0.05) is 78.9 Å². The summed E-state index contributed by atoms with van der Waals surface area (Å²) in [6, 6.07) is 26.0. The van der Waals surface area contributed by atoms with Crippen molar-refractivity contribution in [2.75, 3.05) is 25.0 Å². The highest BCUT2D eigenvalue weighted by atomic mass is 16.5. The second-order valence-electron chi connectivity index (χ2n) is 10.8. The molecule has 1 aromatic heterocycles. The van der Waals surface area contributed by atoms with Crippen molar-refractivity contribution in [1.29, 1.82) is 0 Å². The Morgan fingerprint density at radius 3 is 2.29 bits per heavy atom. The summed E-state index contributed by atoms with van der Waals surface area (Å²) in [7, 11) is 1.55. The Morgan fingerprint density at radius 2 is 1.62 bits per heavy atom. The highest BCUT2D eigenvalue weighted by molar-refractivity contribution is 6.04. The van der Waals surface area contributed by atoms with Crippen LogP contribution in [0.25, 0.3) is 11.1 Å². The average molecular weight is 566 g/mol. The number of anilines is 1. The van der Waals surface area contributed by atoms with E-state index in [1.165, 1.54) is 10.9 Å². The Bertz CT molecular complexity index is 1610. The second-order valence-corrected chi connectivity index (χ2v) is 10.8. The van der Waals surface area contributed by atoms with E-state index in [0.717, 1.165) is 27.8 Å². The first kappa shape index (κ1) is 27.2. The molecular weight excluding hydrogens is 534 g/mol. The second kappa shape index (κ2) is 11.1. The number of nitrogens with one attached hydrogen (secondary N) is 2. The molecule has 6 rings (SSSR count). The molecule has 10 heteroatoms. The van der Waals surface area contributed by atoms with Gasteiger partial charge in [-0.3, -0.25) is 14.4 Å². The number of amides is 2. The number of hydrogen-bond acceptors (Lipinski definition) is 6. The number of aryl methyl sites for hydroxylation is 1. The summed E-state index contributed by atoms with van der Waals surface area (Å²) in [5, 5.41) is 19.2. The van der Waals surface area contributed by atoms with E-state index in [2.05, 4.69) is 32.8 Å². The molecule has 3 aromatic carbocycles. The van der Waals surface area contributed by atoms with Crippen LogP contribution in [-0.4, -0.2) is 63.0 Å². The van der Waals surface area contributed by atoms with Crippen LogP contribution < -0.4 is 10.6 Å². The van der Waals surface area contributed by atoms with Crippen LogP contribution in [0.3, 0.4) is 0 Å². The Kier molecular flexibility index (Phi) is 7.22. The molecule has 10 nitrogen and oxygen atoms in total. The van der Waals surface area contributed by atoms with Crippen molar-refractivity contribution in [3.8, 4) is 11.1 Å². The summed E-state index contributed by atoms with van der Waals surface area (Å²) in [6.45, 7) is 1.46. The van der Waals surface area contributed by atoms with Gasteiger partial charge in [0.05, 0.1) is 6.20 Å². The van der Waals surface area contributed by atoms with Gasteiger partial charge in [-0.15, -0.1) is 0 Å². The zero-order valence-corrected chi connectivity index (χ0v) is 23.1. The number of aromatic nitrogens is 2. The van der Waals surface area contributed by atoms with Gasteiger partial charge in [-0.2, -0.15) is 5.10 Å². The third-order valence-electron chi connectivity index (χ3n) is 8.12. The Morgan fingerprint density at radius 1 is 0.976 bits per heavy atom. The number of carbonyl (C=O) groups is 3. The van der Waals surface area contributed by atoms with E-state index in [9.17, 15) is 19.5 Å². The van der Waals surface area contributed by atoms with E-state index in [0.29, 0.717) is 19.5 Å². The average Bonchev–Trinajstić information content (AvgIpc) is 3.67. The minimum Gasteiger partial charge on any atom is -0.477 e. The number of nitrogens with zero attached hydrogens (tertiary/aromatic N) is 3. The number of aromatic carboxylic acids is 1. The van der Waals surface area contributed by atoms with Gasteiger partial charge in [-0.25, -0.2) is 9.59 Å². The van der Waals surface area contributed by atoms with Gasteiger partial charge in [0.2, 0.25) is 0 Å². The van der Waals surface area contributed by atoms with Gasteiger partial charge in [-0.05, 0) is 34.2 Å². The fourth-order valence-electron chi connectivity index (χ4n) is 6.01. The lowest BCUT2D eigenvalue weighted by Crippen LogP contribution is -2.58. The quantitative estimate of drug-likeness (QED) is 0.292. The number of carbonyl (C=O) groups excluding carboxylic acids is 2. The van der Waals surface area contributed by atoms with Crippen molar-refractivity contribution in [3.63, 3.8) is 0 Å². The summed E-state index contributed by atoms with van der Waals surface area (Å²) in [6.07, 6.45) is 0.785. The molecule has 4 aromatic rings. The fraction of sp³-hybridized carbons (Fsp3) is 0.250. The highest BCUT2D eigenvalue weighted by Gasteiger charge is 2.47. The van der Waals surface area contributed by atoms with Crippen molar-refractivity contribution in [1.82, 2.24) is 20.0 Å². The summed E-state index contributed by atoms with van der Waals surface area (Å²) < 4.78 is 7.08. The molecule has 3 N–H and O–H groups in total. The van der Waals surface area contributed by atoms with E-state index >= 15 is 0 Å². The van der Waals surface area contributed by atoms with Crippen LogP contribution in [0.2, 0.25) is 0 Å². The minimum absolute atomic E-state index is 0.0442. The summed E-state index contributed by atoms with van der Waals surface area (Å²) in [5.74, 6) is -1.83. The summed E-state index contributed by atoms with van der Waals surface area (Å²) in [4.78, 5) is 41.0. The first-order valence-electron chi connectivity index (χ1n) is 13.8. The molecule has 2 amide bonds. The van der Waals surface area contributed by atoms with Crippen LogP contribution in [0.5, 0.6) is 0 Å². The number of ether oxygens (including phenoxy) is 1. The molecular formula is C32H31N5O5. The lowest BCUT2D eigenvalue weighted by atomic mass is 9.97. The maximum absolute atomic E-state index is 13.8. The summed E-state index contributed by atoms with van der Waals surface area (Å²) in [5.41, 5.74) is 4.01. The van der Waals surface area contributed by atoms with Gasteiger partial charge in [0.15, 0.2) is 0 Å². The predicted molar refractivity (Wildman–Crippen MR) is 156 cm³/mol. The van der Waals surface area contributed by atoms with Crippen molar-refractivity contribution < 1.29 is 24.2 Å². The first-order valence-corrected chi connectivity index (χ1v) is 13.8. The Labute approximate surface area is 242 Å². The van der Waals surface area contributed by atoms with E-state index in [1.54, 1.807) is 7.05 Å². The molecule has 2 heterocycles. The minimum atomic E-state index is -1.35. The first-order chi connectivity index (χ1) is 20.3. The highest BCUT2D eigenvalue weighted by Crippen LogP contribution is 2.44. The normalized spacial score (nSPS) is 17.8. The molecule has 0 radical (unpaired) electrons. The Hall–Kier alpha value is -4.96. The smallest absolute Gasteiger partial charge is 0.408 e. The number of rotatable bonds is 8. The van der Waals surface area contributed by atoms with Gasteiger partial charge in [0, 0.05) is 32.6 Å². The van der Waals surface area contributed by atoms with E-state index in [4.69, 9.17) is 4.74 Å². The van der Waals surface area contributed by atoms with Crippen LogP contribution in [0.1, 0.15) is 39.4 Å². The van der Waals surface area contributed by atoms with Crippen LogP contribution in [0.15, 0.2) is 85.1 Å². The number of alkyl carbamates (subject to hydrolysis) is 1. The molecule has 0 saturated carbocycles. The number of carboxylic acid groups (broad SMARTS) is 1. The van der Waals surface area contributed by atoms with Gasteiger partial charge < -0.3 is 20.5 Å². The molecule has 0 bridgehead atoms. The van der Waals surface area contributed by atoms with Crippen LogP contribution in [0.4, 0.5) is 10.6 Å². The largest absolute Gasteiger partial charge is 0.477 e. The lowest BCUT2D eigenvalue weighted by molar-refractivity contribution is -0.122. The molecule has 1 fully saturated rings. The molecule has 1 aliphatic carbocycles. The monoisotopic (exact) mass is 565 g/mol. The van der Waals surface area contributed by atoms with Crippen molar-refractivity contribution in [2.45, 2.75) is 24.4 Å². The molecule has 214 valence electrons.